The molecular formula is C12H7BrClFN2O. The van der Waals surface area contributed by atoms with Crippen molar-refractivity contribution in [1.82, 2.24) is 4.98 Å². The first-order valence-electron chi connectivity index (χ1n) is 4.94. The molecule has 2 aromatic rings. The zero-order chi connectivity index (χ0) is 13.1. The van der Waals surface area contributed by atoms with Gasteiger partial charge in [0.15, 0.2) is 0 Å². The van der Waals surface area contributed by atoms with Gasteiger partial charge in [0.1, 0.15) is 0 Å². The highest BCUT2D eigenvalue weighted by molar-refractivity contribution is 9.10. The Balaban J connectivity index is 2.21. The van der Waals surface area contributed by atoms with Gasteiger partial charge in [0.05, 0.1) is 22.5 Å². The van der Waals surface area contributed by atoms with Gasteiger partial charge in [0.2, 0.25) is 5.95 Å². The Morgan fingerprint density at radius 1 is 1.33 bits per heavy atom. The molecular weight excluding hydrogens is 322 g/mol. The van der Waals surface area contributed by atoms with E-state index in [1.54, 1.807) is 18.2 Å². The number of halogens is 3. The van der Waals surface area contributed by atoms with Crippen LogP contribution < -0.4 is 5.32 Å². The molecule has 0 saturated heterocycles. The average molecular weight is 330 g/mol. The molecule has 1 aromatic carbocycles. The molecule has 0 aliphatic rings. The van der Waals surface area contributed by atoms with E-state index in [0.717, 1.165) is 10.5 Å². The van der Waals surface area contributed by atoms with Gasteiger partial charge in [-0.1, -0.05) is 27.5 Å². The molecule has 0 aliphatic carbocycles. The normalized spacial score (nSPS) is 10.2. The molecule has 0 saturated carbocycles. The average Bonchev–Trinajstić information content (AvgIpc) is 2.35. The number of carbonyl (C=O) groups excluding carboxylic acids is 1. The van der Waals surface area contributed by atoms with Crippen molar-refractivity contribution in [2.45, 2.75) is 0 Å². The van der Waals surface area contributed by atoms with E-state index in [1.807, 2.05) is 0 Å². The van der Waals surface area contributed by atoms with Crippen LogP contribution in [0.4, 0.5) is 10.1 Å². The predicted octanol–water partition coefficient (Wildman–Crippen LogP) is 3.89. The van der Waals surface area contributed by atoms with Crippen LogP contribution in [0.5, 0.6) is 0 Å². The van der Waals surface area contributed by atoms with Crippen molar-refractivity contribution in [1.29, 1.82) is 0 Å². The van der Waals surface area contributed by atoms with Crippen LogP contribution in [0.25, 0.3) is 0 Å². The molecule has 6 heteroatoms. The van der Waals surface area contributed by atoms with Gasteiger partial charge in [-0.15, -0.1) is 0 Å². The van der Waals surface area contributed by atoms with Crippen molar-refractivity contribution in [3.05, 3.63) is 57.5 Å². The van der Waals surface area contributed by atoms with Crippen LogP contribution in [0, 0.1) is 5.95 Å². The van der Waals surface area contributed by atoms with E-state index in [1.165, 1.54) is 12.3 Å². The smallest absolute Gasteiger partial charge is 0.257 e. The molecule has 1 amide bonds. The zero-order valence-corrected chi connectivity index (χ0v) is 11.3. The highest BCUT2D eigenvalue weighted by Gasteiger charge is 2.11. The third kappa shape index (κ3) is 3.05. The summed E-state index contributed by atoms with van der Waals surface area (Å²) < 4.78 is 13.4. The number of pyridine rings is 1. The lowest BCUT2D eigenvalue weighted by Crippen LogP contribution is -2.12. The number of hydrogen-bond acceptors (Lipinski definition) is 2. The number of nitrogens with one attached hydrogen (secondary N) is 1. The minimum Gasteiger partial charge on any atom is -0.321 e. The molecule has 1 aromatic heterocycles. The van der Waals surface area contributed by atoms with Gasteiger partial charge in [-0.2, -0.15) is 4.39 Å². The van der Waals surface area contributed by atoms with Crippen molar-refractivity contribution in [2.24, 2.45) is 0 Å². The molecule has 0 spiro atoms. The van der Waals surface area contributed by atoms with E-state index in [4.69, 9.17) is 11.6 Å². The Bertz CT molecular complexity index is 589. The van der Waals surface area contributed by atoms with Gasteiger partial charge in [-0.25, -0.2) is 4.98 Å². The van der Waals surface area contributed by atoms with Gasteiger partial charge < -0.3 is 5.32 Å². The van der Waals surface area contributed by atoms with Crippen LogP contribution in [0.2, 0.25) is 5.02 Å². The Morgan fingerprint density at radius 2 is 2.11 bits per heavy atom. The maximum absolute atomic E-state index is 12.6. The summed E-state index contributed by atoms with van der Waals surface area (Å²) in [5.74, 6) is -0.983. The number of carbonyl (C=O) groups is 1. The Hall–Kier alpha value is -1.46. The maximum atomic E-state index is 12.6. The summed E-state index contributed by atoms with van der Waals surface area (Å²) in [7, 11) is 0. The number of anilines is 1. The molecule has 0 bridgehead atoms. The van der Waals surface area contributed by atoms with Crippen molar-refractivity contribution in [3.63, 3.8) is 0 Å². The van der Waals surface area contributed by atoms with Crippen molar-refractivity contribution >= 4 is 39.1 Å². The summed E-state index contributed by atoms with van der Waals surface area (Å²) in [6.07, 6.45) is 1.24. The zero-order valence-electron chi connectivity index (χ0n) is 8.95. The second kappa shape index (κ2) is 5.46. The minimum absolute atomic E-state index is 0.329. The topological polar surface area (TPSA) is 42.0 Å². The SMILES string of the molecule is O=C(Nc1ccc(F)nc1)c1cc(Br)ccc1Cl. The highest BCUT2D eigenvalue weighted by atomic mass is 79.9. The van der Waals surface area contributed by atoms with Gasteiger partial charge in [-0.05, 0) is 30.3 Å². The van der Waals surface area contributed by atoms with Crippen LogP contribution in [0.1, 0.15) is 10.4 Å². The van der Waals surface area contributed by atoms with Crippen LogP contribution in [-0.4, -0.2) is 10.9 Å². The molecule has 1 heterocycles. The highest BCUT2D eigenvalue weighted by Crippen LogP contribution is 2.22. The van der Waals surface area contributed by atoms with Gasteiger partial charge in [0, 0.05) is 4.47 Å². The lowest BCUT2D eigenvalue weighted by atomic mass is 10.2. The summed E-state index contributed by atoms with van der Waals surface area (Å²) in [5.41, 5.74) is 0.729. The van der Waals surface area contributed by atoms with E-state index in [2.05, 4.69) is 26.2 Å². The van der Waals surface area contributed by atoms with Gasteiger partial charge in [-0.3, -0.25) is 4.79 Å². The van der Waals surface area contributed by atoms with E-state index >= 15 is 0 Å². The standard InChI is InChI=1S/C12H7BrClFN2O/c13-7-1-3-10(14)9(5-7)12(18)17-8-2-4-11(15)16-6-8/h1-6H,(H,17,18). The van der Waals surface area contributed by atoms with Gasteiger partial charge >= 0.3 is 0 Å². The van der Waals surface area contributed by atoms with Crippen molar-refractivity contribution < 1.29 is 9.18 Å². The minimum atomic E-state index is -0.603. The van der Waals surface area contributed by atoms with Crippen LogP contribution in [-0.2, 0) is 0 Å². The summed E-state index contributed by atoms with van der Waals surface area (Å²) >= 11 is 9.18. The molecule has 0 atom stereocenters. The fraction of sp³-hybridized carbons (Fsp3) is 0. The second-order valence-electron chi connectivity index (χ2n) is 3.45. The Labute approximate surface area is 116 Å². The molecule has 2 rings (SSSR count). The van der Waals surface area contributed by atoms with Crippen LogP contribution >= 0.6 is 27.5 Å². The second-order valence-corrected chi connectivity index (χ2v) is 4.77. The molecule has 1 N–H and O–H groups in total. The number of nitrogens with zero attached hydrogens (tertiary/aromatic N) is 1. The van der Waals surface area contributed by atoms with E-state index in [0.29, 0.717) is 16.3 Å². The summed E-state index contributed by atoms with van der Waals surface area (Å²) in [4.78, 5) is 15.4. The summed E-state index contributed by atoms with van der Waals surface area (Å²) in [5, 5.41) is 2.92. The molecule has 92 valence electrons. The Morgan fingerprint density at radius 3 is 2.78 bits per heavy atom. The first-order chi connectivity index (χ1) is 8.56. The molecule has 18 heavy (non-hydrogen) atoms. The quantitative estimate of drug-likeness (QED) is 0.849. The molecule has 0 radical (unpaired) electrons. The summed E-state index contributed by atoms with van der Waals surface area (Å²) in [6, 6.07) is 7.54. The fourth-order valence-electron chi connectivity index (χ4n) is 1.32. The fourth-order valence-corrected chi connectivity index (χ4v) is 1.88. The first kappa shape index (κ1) is 13.0. The maximum Gasteiger partial charge on any atom is 0.257 e. The summed E-state index contributed by atoms with van der Waals surface area (Å²) in [6.45, 7) is 0. The third-order valence-corrected chi connectivity index (χ3v) is 2.98. The van der Waals surface area contributed by atoms with Crippen molar-refractivity contribution in [3.8, 4) is 0 Å². The van der Waals surface area contributed by atoms with Crippen LogP contribution in [0.15, 0.2) is 41.0 Å². The van der Waals surface area contributed by atoms with Crippen molar-refractivity contribution in [2.75, 3.05) is 5.32 Å². The lowest BCUT2D eigenvalue weighted by molar-refractivity contribution is 0.102. The Kier molecular flexibility index (Phi) is 3.93. The lowest BCUT2D eigenvalue weighted by Gasteiger charge is -2.06. The number of rotatable bonds is 2. The van der Waals surface area contributed by atoms with Crippen LogP contribution in [0.3, 0.4) is 0 Å². The predicted molar refractivity (Wildman–Crippen MR) is 71.3 cm³/mol. The number of benzene rings is 1. The van der Waals surface area contributed by atoms with E-state index < -0.39 is 5.95 Å². The number of aromatic nitrogens is 1. The largest absolute Gasteiger partial charge is 0.321 e. The molecule has 0 unspecified atom stereocenters. The number of amides is 1. The monoisotopic (exact) mass is 328 g/mol. The van der Waals surface area contributed by atoms with E-state index in [-0.39, 0.29) is 5.91 Å². The van der Waals surface area contributed by atoms with Gasteiger partial charge in [0.25, 0.3) is 5.91 Å². The first-order valence-corrected chi connectivity index (χ1v) is 6.11. The molecule has 0 aliphatic heterocycles. The molecule has 0 fully saturated rings. The third-order valence-electron chi connectivity index (χ3n) is 2.16. The molecule has 3 nitrogen and oxygen atoms in total. The van der Waals surface area contributed by atoms with E-state index in [9.17, 15) is 9.18 Å². The number of hydrogen-bond donors (Lipinski definition) is 1.